The molecule has 1 saturated heterocycles. The maximum atomic E-state index is 11.1. The van der Waals surface area contributed by atoms with Gasteiger partial charge in [-0.05, 0) is 19.4 Å². The number of anilines is 1. The zero-order chi connectivity index (χ0) is 13.8. The first kappa shape index (κ1) is 13.1. The third-order valence-electron chi connectivity index (χ3n) is 2.94. The van der Waals surface area contributed by atoms with Gasteiger partial charge in [0.15, 0.2) is 0 Å². The molecular weight excluding hydrogens is 246 g/mol. The summed E-state index contributed by atoms with van der Waals surface area (Å²) in [4.78, 5) is 21.6. The first-order valence-electron chi connectivity index (χ1n) is 5.97. The van der Waals surface area contributed by atoms with Crippen LogP contribution in [0.5, 0.6) is 0 Å². The fourth-order valence-electron chi connectivity index (χ4n) is 2.04. The molecule has 2 heterocycles. The number of rotatable bonds is 2. The van der Waals surface area contributed by atoms with Crippen LogP contribution in [0.15, 0.2) is 6.07 Å². The Morgan fingerprint density at radius 2 is 2.42 bits per heavy atom. The SMILES string of the molecule is COC(=O)NC1CCN(c2nc(C)cc(C#N)n2)C1. The number of alkyl carbamates (subject to hydrolysis) is 1. The van der Waals surface area contributed by atoms with E-state index in [-0.39, 0.29) is 6.04 Å². The van der Waals surface area contributed by atoms with E-state index in [2.05, 4.69) is 20.0 Å². The molecule has 1 fully saturated rings. The highest BCUT2D eigenvalue weighted by atomic mass is 16.5. The van der Waals surface area contributed by atoms with Crippen LogP contribution < -0.4 is 10.2 Å². The van der Waals surface area contributed by atoms with Crippen LogP contribution in [0, 0.1) is 18.3 Å². The van der Waals surface area contributed by atoms with Crippen molar-refractivity contribution < 1.29 is 9.53 Å². The molecule has 0 aliphatic carbocycles. The summed E-state index contributed by atoms with van der Waals surface area (Å²) < 4.78 is 4.57. The molecule has 100 valence electrons. The van der Waals surface area contributed by atoms with Crippen molar-refractivity contribution in [3.63, 3.8) is 0 Å². The van der Waals surface area contributed by atoms with Crippen LogP contribution in [0.1, 0.15) is 17.8 Å². The van der Waals surface area contributed by atoms with Gasteiger partial charge in [-0.15, -0.1) is 0 Å². The van der Waals surface area contributed by atoms with Crippen molar-refractivity contribution in [2.75, 3.05) is 25.1 Å². The van der Waals surface area contributed by atoms with Gasteiger partial charge in [0.05, 0.1) is 13.2 Å². The van der Waals surface area contributed by atoms with Crippen molar-refractivity contribution >= 4 is 12.0 Å². The Labute approximate surface area is 111 Å². The zero-order valence-electron chi connectivity index (χ0n) is 10.9. The van der Waals surface area contributed by atoms with Crippen LogP contribution in [-0.4, -0.2) is 42.3 Å². The highest BCUT2D eigenvalue weighted by Crippen LogP contribution is 2.17. The Bertz CT molecular complexity index is 525. The predicted molar refractivity (Wildman–Crippen MR) is 67.6 cm³/mol. The molecule has 2 rings (SSSR count). The van der Waals surface area contributed by atoms with Gasteiger partial charge in [-0.2, -0.15) is 5.26 Å². The molecule has 1 aromatic rings. The minimum absolute atomic E-state index is 0.0158. The van der Waals surface area contributed by atoms with E-state index >= 15 is 0 Å². The lowest BCUT2D eigenvalue weighted by atomic mass is 10.3. The summed E-state index contributed by atoms with van der Waals surface area (Å²) in [5.74, 6) is 0.533. The number of nitrogens with one attached hydrogen (secondary N) is 1. The van der Waals surface area contributed by atoms with Crippen LogP contribution in [0.2, 0.25) is 0 Å². The van der Waals surface area contributed by atoms with Gasteiger partial charge in [-0.25, -0.2) is 14.8 Å². The number of ether oxygens (including phenoxy) is 1. The van der Waals surface area contributed by atoms with E-state index in [9.17, 15) is 4.79 Å². The third kappa shape index (κ3) is 3.10. The van der Waals surface area contributed by atoms with E-state index in [0.29, 0.717) is 18.2 Å². The average molecular weight is 261 g/mol. The second kappa shape index (κ2) is 5.52. The van der Waals surface area contributed by atoms with Gasteiger partial charge in [-0.1, -0.05) is 0 Å². The average Bonchev–Trinajstić information content (AvgIpc) is 2.86. The predicted octanol–water partition coefficient (Wildman–Crippen LogP) is 0.591. The van der Waals surface area contributed by atoms with Crippen LogP contribution in [-0.2, 0) is 4.74 Å². The highest BCUT2D eigenvalue weighted by Gasteiger charge is 2.26. The number of amides is 1. The summed E-state index contributed by atoms with van der Waals surface area (Å²) in [6.45, 7) is 3.18. The van der Waals surface area contributed by atoms with E-state index in [1.807, 2.05) is 17.9 Å². The first-order chi connectivity index (χ1) is 9.12. The number of carbonyl (C=O) groups excluding carboxylic acids is 1. The summed E-state index contributed by atoms with van der Waals surface area (Å²) in [5.41, 5.74) is 1.11. The molecule has 1 atom stereocenters. The first-order valence-corrected chi connectivity index (χ1v) is 5.97. The van der Waals surface area contributed by atoms with E-state index in [4.69, 9.17) is 5.26 Å². The van der Waals surface area contributed by atoms with Crippen LogP contribution in [0.3, 0.4) is 0 Å². The fourth-order valence-corrected chi connectivity index (χ4v) is 2.04. The molecule has 0 spiro atoms. The lowest BCUT2D eigenvalue weighted by molar-refractivity contribution is 0.167. The maximum Gasteiger partial charge on any atom is 0.407 e. The molecule has 0 saturated carbocycles. The molecule has 0 aromatic carbocycles. The van der Waals surface area contributed by atoms with E-state index < -0.39 is 6.09 Å². The molecular formula is C12H15N5O2. The molecule has 0 radical (unpaired) electrons. The van der Waals surface area contributed by atoms with Gasteiger partial charge in [0.2, 0.25) is 5.95 Å². The summed E-state index contributed by atoms with van der Waals surface area (Å²) in [6, 6.07) is 3.68. The highest BCUT2D eigenvalue weighted by molar-refractivity contribution is 5.67. The molecule has 0 bridgehead atoms. The fraction of sp³-hybridized carbons (Fsp3) is 0.500. The summed E-state index contributed by atoms with van der Waals surface area (Å²) >= 11 is 0. The van der Waals surface area contributed by atoms with Crippen LogP contribution >= 0.6 is 0 Å². The molecule has 1 amide bonds. The normalized spacial score (nSPS) is 17.9. The van der Waals surface area contributed by atoms with Crippen molar-refractivity contribution in [1.82, 2.24) is 15.3 Å². The van der Waals surface area contributed by atoms with Crippen molar-refractivity contribution in [3.05, 3.63) is 17.5 Å². The zero-order valence-corrected chi connectivity index (χ0v) is 10.9. The van der Waals surface area contributed by atoms with E-state index in [1.165, 1.54) is 7.11 Å². The second-order valence-corrected chi connectivity index (χ2v) is 4.37. The number of hydrogen-bond donors (Lipinski definition) is 1. The minimum atomic E-state index is -0.435. The Hall–Kier alpha value is -2.36. The third-order valence-corrected chi connectivity index (χ3v) is 2.94. The van der Waals surface area contributed by atoms with Crippen molar-refractivity contribution in [2.24, 2.45) is 0 Å². The maximum absolute atomic E-state index is 11.1. The van der Waals surface area contributed by atoms with E-state index in [1.54, 1.807) is 6.07 Å². The Morgan fingerprint density at radius 1 is 1.63 bits per heavy atom. The van der Waals surface area contributed by atoms with Gasteiger partial charge in [-0.3, -0.25) is 0 Å². The summed E-state index contributed by atoms with van der Waals surface area (Å²) in [7, 11) is 1.34. The molecule has 7 nitrogen and oxygen atoms in total. The number of aromatic nitrogens is 2. The molecule has 7 heteroatoms. The van der Waals surface area contributed by atoms with Gasteiger partial charge < -0.3 is 15.0 Å². The summed E-state index contributed by atoms with van der Waals surface area (Å²) in [5, 5.41) is 11.6. The van der Waals surface area contributed by atoms with Gasteiger partial charge in [0, 0.05) is 18.8 Å². The van der Waals surface area contributed by atoms with Crippen molar-refractivity contribution in [3.8, 4) is 6.07 Å². The molecule has 19 heavy (non-hydrogen) atoms. The molecule has 1 N–H and O–H groups in total. The Balaban J connectivity index is 2.06. The van der Waals surface area contributed by atoms with Gasteiger partial charge in [0.1, 0.15) is 11.8 Å². The number of carbonyl (C=O) groups is 1. The smallest absolute Gasteiger partial charge is 0.407 e. The number of methoxy groups -OCH3 is 1. The lowest BCUT2D eigenvalue weighted by Gasteiger charge is -2.17. The van der Waals surface area contributed by atoms with Crippen LogP contribution in [0.25, 0.3) is 0 Å². The lowest BCUT2D eigenvalue weighted by Crippen LogP contribution is -2.37. The van der Waals surface area contributed by atoms with Crippen molar-refractivity contribution in [2.45, 2.75) is 19.4 Å². The Kier molecular flexibility index (Phi) is 3.80. The largest absolute Gasteiger partial charge is 0.453 e. The molecule has 1 unspecified atom stereocenters. The Morgan fingerprint density at radius 3 is 3.11 bits per heavy atom. The van der Waals surface area contributed by atoms with Gasteiger partial charge in [0.25, 0.3) is 0 Å². The van der Waals surface area contributed by atoms with Crippen molar-refractivity contribution in [1.29, 1.82) is 5.26 Å². The number of nitrogens with zero attached hydrogens (tertiary/aromatic N) is 4. The molecule has 1 aliphatic rings. The summed E-state index contributed by atoms with van der Waals surface area (Å²) in [6.07, 6.45) is 0.364. The van der Waals surface area contributed by atoms with Gasteiger partial charge >= 0.3 is 6.09 Å². The van der Waals surface area contributed by atoms with E-state index in [0.717, 1.165) is 18.7 Å². The monoisotopic (exact) mass is 261 g/mol. The molecule has 1 aromatic heterocycles. The minimum Gasteiger partial charge on any atom is -0.453 e. The number of hydrogen-bond acceptors (Lipinski definition) is 6. The number of aryl methyl sites for hydroxylation is 1. The number of nitriles is 1. The second-order valence-electron chi connectivity index (χ2n) is 4.37. The topological polar surface area (TPSA) is 91.1 Å². The van der Waals surface area contributed by atoms with Crippen LogP contribution in [0.4, 0.5) is 10.7 Å². The standard InChI is InChI=1S/C12H15N5O2/c1-8-5-10(6-13)15-11(14-8)17-4-3-9(7-17)16-12(18)19-2/h5,9H,3-4,7H2,1-2H3,(H,16,18). The molecule has 1 aliphatic heterocycles. The quantitative estimate of drug-likeness (QED) is 0.837.